The highest BCUT2D eigenvalue weighted by atomic mass is 16.1. The molecule has 0 saturated heterocycles. The van der Waals surface area contributed by atoms with Gasteiger partial charge in [0.25, 0.3) is 0 Å². The summed E-state index contributed by atoms with van der Waals surface area (Å²) in [6.45, 7) is 4.91. The zero-order chi connectivity index (χ0) is 15.4. The fraction of sp³-hybridized carbons (Fsp3) is 0.316. The number of ketones is 1. The SMILES string of the molecule is Cc1ccc([C@@H](CN(C)C)C(=O)c2ccccc2)cc1C. The Morgan fingerprint density at radius 1 is 1.00 bits per heavy atom. The van der Waals surface area contributed by atoms with Crippen LogP contribution in [0.1, 0.15) is 33.0 Å². The summed E-state index contributed by atoms with van der Waals surface area (Å²) in [7, 11) is 4.01. The average Bonchev–Trinajstić information content (AvgIpc) is 2.48. The zero-order valence-corrected chi connectivity index (χ0v) is 13.3. The van der Waals surface area contributed by atoms with E-state index in [2.05, 4.69) is 36.9 Å². The Bertz CT molecular complexity index is 617. The molecular weight excluding hydrogens is 258 g/mol. The molecule has 2 nitrogen and oxygen atoms in total. The number of carbonyl (C=O) groups excluding carboxylic acids is 1. The second kappa shape index (κ2) is 6.68. The lowest BCUT2D eigenvalue weighted by Gasteiger charge is -2.21. The second-order valence-corrected chi connectivity index (χ2v) is 5.89. The number of aryl methyl sites for hydroxylation is 2. The number of benzene rings is 2. The summed E-state index contributed by atoms with van der Waals surface area (Å²) in [5.41, 5.74) is 4.37. The summed E-state index contributed by atoms with van der Waals surface area (Å²) < 4.78 is 0. The van der Waals surface area contributed by atoms with Gasteiger partial charge in [-0.1, -0.05) is 48.5 Å². The van der Waals surface area contributed by atoms with E-state index < -0.39 is 0 Å². The summed E-state index contributed by atoms with van der Waals surface area (Å²) in [6.07, 6.45) is 0. The van der Waals surface area contributed by atoms with Crippen molar-refractivity contribution in [2.45, 2.75) is 19.8 Å². The topological polar surface area (TPSA) is 20.3 Å². The fourth-order valence-corrected chi connectivity index (χ4v) is 2.49. The molecule has 110 valence electrons. The van der Waals surface area contributed by atoms with Gasteiger partial charge in [0, 0.05) is 12.1 Å². The average molecular weight is 281 g/mol. The third-order valence-corrected chi connectivity index (χ3v) is 3.86. The third kappa shape index (κ3) is 3.79. The summed E-state index contributed by atoms with van der Waals surface area (Å²) in [5, 5.41) is 0. The zero-order valence-electron chi connectivity index (χ0n) is 13.3. The molecule has 0 saturated carbocycles. The minimum atomic E-state index is -0.123. The van der Waals surface area contributed by atoms with Crippen molar-refractivity contribution < 1.29 is 4.79 Å². The van der Waals surface area contributed by atoms with Crippen molar-refractivity contribution in [1.29, 1.82) is 0 Å². The van der Waals surface area contributed by atoms with Gasteiger partial charge in [-0.05, 0) is 44.6 Å². The van der Waals surface area contributed by atoms with Crippen molar-refractivity contribution >= 4 is 5.78 Å². The maximum absolute atomic E-state index is 12.9. The van der Waals surface area contributed by atoms with E-state index >= 15 is 0 Å². The van der Waals surface area contributed by atoms with E-state index in [0.29, 0.717) is 0 Å². The molecule has 0 amide bonds. The van der Waals surface area contributed by atoms with Gasteiger partial charge in [-0.3, -0.25) is 4.79 Å². The highest BCUT2D eigenvalue weighted by molar-refractivity contribution is 6.01. The van der Waals surface area contributed by atoms with Crippen LogP contribution in [-0.2, 0) is 0 Å². The Labute approximate surface area is 127 Å². The van der Waals surface area contributed by atoms with Gasteiger partial charge in [0.2, 0.25) is 0 Å². The molecule has 21 heavy (non-hydrogen) atoms. The number of hydrogen-bond donors (Lipinski definition) is 0. The standard InChI is InChI=1S/C19H23NO/c1-14-10-11-17(12-15(14)2)18(13-20(3)4)19(21)16-8-6-5-7-9-16/h5-12,18H,13H2,1-4H3/t18-/m1/s1. The lowest BCUT2D eigenvalue weighted by Crippen LogP contribution is -2.26. The summed E-state index contributed by atoms with van der Waals surface area (Å²) in [4.78, 5) is 14.9. The number of Topliss-reactive ketones (excluding diaryl/α,β-unsaturated/α-hetero) is 1. The molecule has 2 aromatic carbocycles. The first-order valence-electron chi connectivity index (χ1n) is 7.30. The van der Waals surface area contributed by atoms with E-state index in [-0.39, 0.29) is 11.7 Å². The first-order chi connectivity index (χ1) is 9.99. The molecular formula is C19H23NO. The van der Waals surface area contributed by atoms with Crippen molar-refractivity contribution in [2.75, 3.05) is 20.6 Å². The van der Waals surface area contributed by atoms with Gasteiger partial charge in [-0.2, -0.15) is 0 Å². The van der Waals surface area contributed by atoms with E-state index in [1.54, 1.807) is 0 Å². The van der Waals surface area contributed by atoms with E-state index in [1.165, 1.54) is 11.1 Å². The van der Waals surface area contributed by atoms with E-state index in [1.807, 2.05) is 44.4 Å². The highest BCUT2D eigenvalue weighted by Gasteiger charge is 2.22. The van der Waals surface area contributed by atoms with Crippen LogP contribution in [0.5, 0.6) is 0 Å². The number of carbonyl (C=O) groups is 1. The van der Waals surface area contributed by atoms with Crippen molar-refractivity contribution in [2.24, 2.45) is 0 Å². The molecule has 0 aromatic heterocycles. The van der Waals surface area contributed by atoms with Gasteiger partial charge in [-0.25, -0.2) is 0 Å². The van der Waals surface area contributed by atoms with E-state index in [4.69, 9.17) is 0 Å². The molecule has 2 heteroatoms. The lowest BCUT2D eigenvalue weighted by atomic mass is 9.88. The van der Waals surface area contributed by atoms with Crippen LogP contribution in [0.15, 0.2) is 48.5 Å². The normalized spacial score (nSPS) is 12.4. The summed E-state index contributed by atoms with van der Waals surface area (Å²) >= 11 is 0. The molecule has 0 spiro atoms. The quantitative estimate of drug-likeness (QED) is 0.776. The molecule has 0 aliphatic carbocycles. The Kier molecular flexibility index (Phi) is 4.92. The largest absolute Gasteiger partial charge is 0.308 e. The molecule has 2 rings (SSSR count). The summed E-state index contributed by atoms with van der Waals surface area (Å²) in [6, 6.07) is 15.9. The van der Waals surface area contributed by atoms with Crippen LogP contribution in [0, 0.1) is 13.8 Å². The third-order valence-electron chi connectivity index (χ3n) is 3.86. The van der Waals surface area contributed by atoms with Crippen LogP contribution in [0.2, 0.25) is 0 Å². The van der Waals surface area contributed by atoms with Crippen LogP contribution < -0.4 is 0 Å². The van der Waals surface area contributed by atoms with Gasteiger partial charge < -0.3 is 4.90 Å². The molecule has 0 fully saturated rings. The first-order valence-corrected chi connectivity index (χ1v) is 7.30. The van der Waals surface area contributed by atoms with Crippen LogP contribution in [0.4, 0.5) is 0 Å². The number of nitrogens with zero attached hydrogens (tertiary/aromatic N) is 1. The van der Waals surface area contributed by atoms with Crippen LogP contribution in [-0.4, -0.2) is 31.3 Å². The van der Waals surface area contributed by atoms with E-state index in [9.17, 15) is 4.79 Å². The molecule has 0 unspecified atom stereocenters. The summed E-state index contributed by atoms with van der Waals surface area (Å²) in [5.74, 6) is 0.0641. The van der Waals surface area contributed by atoms with Crippen molar-refractivity contribution in [1.82, 2.24) is 4.90 Å². The van der Waals surface area contributed by atoms with Crippen LogP contribution in [0.25, 0.3) is 0 Å². The first kappa shape index (κ1) is 15.5. The second-order valence-electron chi connectivity index (χ2n) is 5.89. The number of likely N-dealkylation sites (N-methyl/N-ethyl adjacent to an activating group) is 1. The Hall–Kier alpha value is -1.93. The molecule has 0 aliphatic heterocycles. The number of hydrogen-bond acceptors (Lipinski definition) is 2. The van der Waals surface area contributed by atoms with E-state index in [0.717, 1.165) is 17.7 Å². The Morgan fingerprint density at radius 3 is 2.24 bits per heavy atom. The van der Waals surface area contributed by atoms with Crippen LogP contribution >= 0.6 is 0 Å². The molecule has 1 atom stereocenters. The van der Waals surface area contributed by atoms with Crippen LogP contribution in [0.3, 0.4) is 0 Å². The van der Waals surface area contributed by atoms with Crippen molar-refractivity contribution in [3.63, 3.8) is 0 Å². The van der Waals surface area contributed by atoms with Gasteiger partial charge in [-0.15, -0.1) is 0 Å². The molecule has 0 radical (unpaired) electrons. The Balaban J connectivity index is 2.38. The molecule has 0 aliphatic rings. The molecule has 0 N–H and O–H groups in total. The Morgan fingerprint density at radius 2 is 1.67 bits per heavy atom. The maximum atomic E-state index is 12.9. The van der Waals surface area contributed by atoms with Gasteiger partial charge in [0.15, 0.2) is 5.78 Å². The predicted octanol–water partition coefficient (Wildman–Crippen LogP) is 3.83. The maximum Gasteiger partial charge on any atom is 0.171 e. The monoisotopic (exact) mass is 281 g/mol. The molecule has 0 heterocycles. The van der Waals surface area contributed by atoms with Crippen molar-refractivity contribution in [3.8, 4) is 0 Å². The minimum Gasteiger partial charge on any atom is -0.308 e. The van der Waals surface area contributed by atoms with Crippen molar-refractivity contribution in [3.05, 3.63) is 70.8 Å². The lowest BCUT2D eigenvalue weighted by molar-refractivity contribution is 0.0945. The van der Waals surface area contributed by atoms with Gasteiger partial charge in [0.05, 0.1) is 5.92 Å². The minimum absolute atomic E-state index is 0.123. The predicted molar refractivity (Wildman–Crippen MR) is 88.0 cm³/mol. The smallest absolute Gasteiger partial charge is 0.171 e. The highest BCUT2D eigenvalue weighted by Crippen LogP contribution is 2.24. The molecule has 0 bridgehead atoms. The number of rotatable bonds is 5. The van der Waals surface area contributed by atoms with Gasteiger partial charge in [0.1, 0.15) is 0 Å². The fourth-order valence-electron chi connectivity index (χ4n) is 2.49. The van der Waals surface area contributed by atoms with Gasteiger partial charge >= 0.3 is 0 Å². The molecule has 2 aromatic rings.